The Morgan fingerprint density at radius 2 is 1.19 bits per heavy atom. The smallest absolute Gasteiger partial charge is 0.0443 e. The minimum Gasteiger partial charge on any atom is -0.341 e. The number of para-hydroxylation sites is 2. The van der Waals surface area contributed by atoms with Crippen LogP contribution in [0.4, 0.5) is 11.4 Å². The van der Waals surface area contributed by atoms with E-state index in [9.17, 15) is 0 Å². The molecule has 0 atom stereocenters. The van der Waals surface area contributed by atoms with Gasteiger partial charge in [-0.2, -0.15) is 0 Å². The van der Waals surface area contributed by atoms with Gasteiger partial charge in [0.1, 0.15) is 0 Å². The fourth-order valence-corrected chi connectivity index (χ4v) is 4.48. The predicted molar refractivity (Wildman–Crippen MR) is 114 cm³/mol. The van der Waals surface area contributed by atoms with E-state index in [1.807, 2.05) is 0 Å². The van der Waals surface area contributed by atoms with Crippen LogP contribution in [-0.4, -0.2) is 62.2 Å². The normalized spacial score (nSPS) is 18.0. The molecule has 1 fully saturated rings. The highest BCUT2D eigenvalue weighted by atomic mass is 15.3. The van der Waals surface area contributed by atoms with Crippen LogP contribution >= 0.6 is 0 Å². The number of piperazine rings is 1. The maximum absolute atomic E-state index is 5.69. The number of fused-ring (bicyclic) bond motifs is 2. The molecule has 0 spiro atoms. The van der Waals surface area contributed by atoms with Crippen LogP contribution in [0.25, 0.3) is 0 Å². The van der Waals surface area contributed by atoms with Crippen molar-refractivity contribution in [1.29, 1.82) is 0 Å². The first kappa shape index (κ1) is 18.5. The number of rotatable bonds is 6. The molecule has 0 bridgehead atoms. The van der Waals surface area contributed by atoms with Gasteiger partial charge in [-0.25, -0.2) is 0 Å². The molecule has 2 aromatic rings. The van der Waals surface area contributed by atoms with Crippen molar-refractivity contribution in [2.75, 3.05) is 57.3 Å². The molecule has 2 heterocycles. The number of hydrogen-bond donors (Lipinski definition) is 1. The summed E-state index contributed by atoms with van der Waals surface area (Å²) in [6.07, 6.45) is 3.46. The molecule has 27 heavy (non-hydrogen) atoms. The van der Waals surface area contributed by atoms with E-state index in [0.29, 0.717) is 0 Å². The summed E-state index contributed by atoms with van der Waals surface area (Å²) >= 11 is 0. The number of anilines is 2. The van der Waals surface area contributed by atoms with Crippen LogP contribution in [0.2, 0.25) is 0 Å². The maximum atomic E-state index is 5.69. The van der Waals surface area contributed by atoms with Crippen LogP contribution in [0.3, 0.4) is 0 Å². The topological polar surface area (TPSA) is 35.7 Å². The van der Waals surface area contributed by atoms with Crippen LogP contribution in [0.5, 0.6) is 0 Å². The number of benzene rings is 2. The zero-order chi connectivity index (χ0) is 18.5. The fourth-order valence-electron chi connectivity index (χ4n) is 4.48. The Morgan fingerprint density at radius 3 is 1.74 bits per heavy atom. The zero-order valence-corrected chi connectivity index (χ0v) is 16.3. The maximum Gasteiger partial charge on any atom is 0.0443 e. The van der Waals surface area contributed by atoms with Gasteiger partial charge in [-0.15, -0.1) is 0 Å². The average molecular weight is 365 g/mol. The van der Waals surface area contributed by atoms with Crippen LogP contribution in [0, 0.1) is 0 Å². The van der Waals surface area contributed by atoms with Crippen molar-refractivity contribution in [2.24, 2.45) is 5.73 Å². The van der Waals surface area contributed by atoms with Gasteiger partial charge in [0.2, 0.25) is 0 Å². The van der Waals surface area contributed by atoms with E-state index in [1.54, 1.807) is 0 Å². The lowest BCUT2D eigenvalue weighted by atomic mass is 10.0. The van der Waals surface area contributed by atoms with E-state index in [0.717, 1.165) is 45.6 Å². The molecule has 2 N–H and O–H groups in total. The fraction of sp³-hybridized carbons (Fsp3) is 0.478. The molecule has 2 aliphatic rings. The number of aryl methyl sites for hydroxylation is 2. The van der Waals surface area contributed by atoms with Crippen molar-refractivity contribution in [2.45, 2.75) is 19.3 Å². The molecule has 0 unspecified atom stereocenters. The lowest BCUT2D eigenvalue weighted by molar-refractivity contribution is 0.134. The Kier molecular flexibility index (Phi) is 6.07. The lowest BCUT2D eigenvalue weighted by Gasteiger charge is -2.35. The molecule has 2 aliphatic heterocycles. The van der Waals surface area contributed by atoms with E-state index in [2.05, 4.69) is 63.2 Å². The summed E-state index contributed by atoms with van der Waals surface area (Å²) in [5.41, 5.74) is 11.4. The molecule has 1 saturated heterocycles. The summed E-state index contributed by atoms with van der Waals surface area (Å²) in [5, 5.41) is 0. The third-order valence-corrected chi connectivity index (χ3v) is 5.99. The largest absolute Gasteiger partial charge is 0.341 e. The van der Waals surface area contributed by atoms with E-state index < -0.39 is 0 Å². The highest BCUT2D eigenvalue weighted by Gasteiger charge is 2.21. The zero-order valence-electron chi connectivity index (χ0n) is 16.3. The highest BCUT2D eigenvalue weighted by molar-refractivity contribution is 5.71. The second kappa shape index (κ2) is 8.87. The first-order valence-electron chi connectivity index (χ1n) is 10.4. The van der Waals surface area contributed by atoms with Crippen LogP contribution in [-0.2, 0) is 12.8 Å². The minimum absolute atomic E-state index is 0.772. The van der Waals surface area contributed by atoms with Gasteiger partial charge in [0.25, 0.3) is 0 Å². The molecule has 144 valence electrons. The Hall–Kier alpha value is -1.88. The second-order valence-corrected chi connectivity index (χ2v) is 7.73. The van der Waals surface area contributed by atoms with Gasteiger partial charge in [0.05, 0.1) is 0 Å². The van der Waals surface area contributed by atoms with Gasteiger partial charge in [-0.1, -0.05) is 36.4 Å². The molecular formula is C23H32N4. The number of nitrogens with zero attached hydrogens (tertiary/aromatic N) is 3. The monoisotopic (exact) mass is 364 g/mol. The van der Waals surface area contributed by atoms with Gasteiger partial charge < -0.3 is 15.5 Å². The first-order valence-corrected chi connectivity index (χ1v) is 10.4. The van der Waals surface area contributed by atoms with E-state index >= 15 is 0 Å². The molecule has 0 amide bonds. The Balaban J connectivity index is 1.41. The van der Waals surface area contributed by atoms with Gasteiger partial charge in [-0.05, 0) is 49.1 Å². The Bertz CT molecular complexity index is 689. The minimum atomic E-state index is 0.772. The molecule has 0 aliphatic carbocycles. The van der Waals surface area contributed by atoms with E-state index in [1.165, 1.54) is 48.6 Å². The molecule has 0 saturated carbocycles. The Morgan fingerprint density at radius 1 is 0.667 bits per heavy atom. The van der Waals surface area contributed by atoms with Crippen molar-refractivity contribution >= 4 is 11.4 Å². The van der Waals surface area contributed by atoms with Crippen LogP contribution in [0.15, 0.2) is 48.5 Å². The van der Waals surface area contributed by atoms with Crippen molar-refractivity contribution in [3.8, 4) is 0 Å². The molecule has 4 nitrogen and oxygen atoms in total. The summed E-state index contributed by atoms with van der Waals surface area (Å²) < 4.78 is 0. The van der Waals surface area contributed by atoms with Crippen molar-refractivity contribution in [3.05, 3.63) is 59.7 Å². The third-order valence-electron chi connectivity index (χ3n) is 5.99. The average Bonchev–Trinajstić information content (AvgIpc) is 2.87. The van der Waals surface area contributed by atoms with E-state index in [4.69, 9.17) is 5.73 Å². The van der Waals surface area contributed by atoms with Crippen molar-refractivity contribution in [3.63, 3.8) is 0 Å². The van der Waals surface area contributed by atoms with Crippen LogP contribution in [0.1, 0.15) is 17.5 Å². The molecule has 4 heteroatoms. The molecule has 0 aromatic heterocycles. The highest BCUT2D eigenvalue weighted by Crippen LogP contribution is 2.35. The summed E-state index contributed by atoms with van der Waals surface area (Å²) in [6, 6.07) is 17.9. The molecule has 0 radical (unpaired) electrons. The summed E-state index contributed by atoms with van der Waals surface area (Å²) in [4.78, 5) is 7.66. The summed E-state index contributed by atoms with van der Waals surface area (Å²) in [6.45, 7) is 8.73. The molecular weight excluding hydrogens is 332 g/mol. The van der Waals surface area contributed by atoms with Gasteiger partial charge in [0, 0.05) is 57.2 Å². The first-order chi connectivity index (χ1) is 13.3. The third kappa shape index (κ3) is 4.34. The van der Waals surface area contributed by atoms with Gasteiger partial charge in [-0.3, -0.25) is 4.90 Å². The quantitative estimate of drug-likeness (QED) is 0.855. The van der Waals surface area contributed by atoms with Gasteiger partial charge in [0.15, 0.2) is 0 Å². The lowest BCUT2D eigenvalue weighted by Crippen LogP contribution is -2.48. The Labute approximate surface area is 163 Å². The SMILES string of the molecule is NCCN1CCN(CCCN2c3ccccc3CCc3ccccc32)CC1. The standard InChI is InChI=1S/C23H32N4/c24-12-15-26-18-16-25(17-19-26)13-5-14-27-22-8-3-1-6-20(22)10-11-21-7-2-4-9-23(21)27/h1-4,6-9H,5,10-19,24H2. The second-order valence-electron chi connectivity index (χ2n) is 7.73. The van der Waals surface area contributed by atoms with Crippen LogP contribution < -0.4 is 10.6 Å². The summed E-state index contributed by atoms with van der Waals surface area (Å²) in [5.74, 6) is 0. The summed E-state index contributed by atoms with van der Waals surface area (Å²) in [7, 11) is 0. The van der Waals surface area contributed by atoms with Crippen molar-refractivity contribution < 1.29 is 0 Å². The predicted octanol–water partition coefficient (Wildman–Crippen LogP) is 2.89. The van der Waals surface area contributed by atoms with Gasteiger partial charge >= 0.3 is 0 Å². The molecule has 2 aromatic carbocycles. The number of hydrogen-bond acceptors (Lipinski definition) is 4. The number of nitrogens with two attached hydrogens (primary N) is 1. The van der Waals surface area contributed by atoms with Crippen molar-refractivity contribution in [1.82, 2.24) is 9.80 Å². The van der Waals surface area contributed by atoms with E-state index in [-0.39, 0.29) is 0 Å². The molecule has 4 rings (SSSR count).